The van der Waals surface area contributed by atoms with Crippen LogP contribution in [0.1, 0.15) is 35.1 Å². The summed E-state index contributed by atoms with van der Waals surface area (Å²) in [6.07, 6.45) is 3.29. The van der Waals surface area contributed by atoms with Crippen LogP contribution in [0, 0.1) is 13.8 Å². The molecule has 8 nitrogen and oxygen atoms in total. The smallest absolute Gasteiger partial charge is 0.244 e. The Morgan fingerprint density at radius 3 is 2.62 bits per heavy atom. The van der Waals surface area contributed by atoms with Crippen LogP contribution < -0.4 is 14.8 Å². The maximum absolute atomic E-state index is 13.0. The first-order valence-corrected chi connectivity index (χ1v) is 11.3. The van der Waals surface area contributed by atoms with Gasteiger partial charge in [-0.1, -0.05) is 47.1 Å². The summed E-state index contributed by atoms with van der Waals surface area (Å²) >= 11 is 0. The second-order valence-electron chi connectivity index (χ2n) is 7.25. The molecule has 9 heteroatoms. The highest BCUT2D eigenvalue weighted by Gasteiger charge is 2.20. The Balaban J connectivity index is 1.87. The molecule has 0 radical (unpaired) electrons. The van der Waals surface area contributed by atoms with Crippen LogP contribution in [0.5, 0.6) is 5.75 Å². The van der Waals surface area contributed by atoms with Crippen molar-refractivity contribution < 1.29 is 22.5 Å². The first kappa shape index (κ1) is 23.2. The molecule has 2 N–H and O–H groups in total. The number of nitrogens with zero attached hydrogens (tertiary/aromatic N) is 1. The Labute approximate surface area is 187 Å². The van der Waals surface area contributed by atoms with Gasteiger partial charge in [-0.3, -0.25) is 4.79 Å². The molecule has 0 saturated heterocycles. The molecular weight excluding hydrogens is 430 g/mol. The summed E-state index contributed by atoms with van der Waals surface area (Å²) in [7, 11) is -2.42. The van der Waals surface area contributed by atoms with Crippen molar-refractivity contribution in [1.82, 2.24) is 9.88 Å². The van der Waals surface area contributed by atoms with E-state index in [0.29, 0.717) is 22.7 Å². The molecule has 0 aliphatic carbocycles. The number of nitrogens with one attached hydrogen (secondary N) is 2. The molecule has 0 saturated carbocycles. The first-order valence-electron chi connectivity index (χ1n) is 9.85. The first-order chi connectivity index (χ1) is 15.2. The third kappa shape index (κ3) is 5.63. The molecule has 1 heterocycles. The van der Waals surface area contributed by atoms with Crippen LogP contribution >= 0.6 is 0 Å². The SMILES string of the molecule is COc1ccc(C=Cc2onc(C)c2NC(C)=O)cc1S(=O)(=O)NCc1cccc(C)c1. The molecule has 3 rings (SSSR count). The van der Waals surface area contributed by atoms with Gasteiger partial charge in [0, 0.05) is 13.5 Å². The third-order valence-corrected chi connectivity index (χ3v) is 6.07. The third-order valence-electron chi connectivity index (χ3n) is 4.64. The number of sulfonamides is 1. The topological polar surface area (TPSA) is 111 Å². The van der Waals surface area contributed by atoms with Gasteiger partial charge in [-0.2, -0.15) is 0 Å². The fraction of sp³-hybridized carbons (Fsp3) is 0.217. The molecule has 1 aromatic heterocycles. The summed E-state index contributed by atoms with van der Waals surface area (Å²) < 4.78 is 39.1. The van der Waals surface area contributed by atoms with Crippen molar-refractivity contribution in [2.75, 3.05) is 12.4 Å². The van der Waals surface area contributed by atoms with E-state index in [1.54, 1.807) is 31.2 Å². The molecule has 0 aliphatic heterocycles. The molecule has 0 spiro atoms. The molecule has 0 unspecified atom stereocenters. The maximum atomic E-state index is 13.0. The fourth-order valence-corrected chi connectivity index (χ4v) is 4.31. The van der Waals surface area contributed by atoms with Crippen LogP contribution in [0.15, 0.2) is 51.9 Å². The van der Waals surface area contributed by atoms with Gasteiger partial charge >= 0.3 is 0 Å². The minimum absolute atomic E-state index is 0.0191. The van der Waals surface area contributed by atoms with E-state index in [9.17, 15) is 13.2 Å². The zero-order valence-electron chi connectivity index (χ0n) is 18.3. The number of methoxy groups -OCH3 is 1. The molecule has 1 amide bonds. The number of amides is 1. The zero-order chi connectivity index (χ0) is 23.3. The Morgan fingerprint density at radius 2 is 1.94 bits per heavy atom. The van der Waals surface area contributed by atoms with Crippen LogP contribution in [-0.2, 0) is 21.4 Å². The van der Waals surface area contributed by atoms with Crippen LogP contribution in [0.4, 0.5) is 5.69 Å². The number of benzene rings is 2. The van der Waals surface area contributed by atoms with Crippen molar-refractivity contribution >= 4 is 33.8 Å². The largest absolute Gasteiger partial charge is 0.495 e. The lowest BCUT2D eigenvalue weighted by molar-refractivity contribution is -0.114. The Kier molecular flexibility index (Phi) is 7.12. The van der Waals surface area contributed by atoms with Crippen molar-refractivity contribution in [1.29, 1.82) is 0 Å². The zero-order valence-corrected chi connectivity index (χ0v) is 19.1. The Hall–Kier alpha value is -3.43. The second-order valence-corrected chi connectivity index (χ2v) is 8.98. The van der Waals surface area contributed by atoms with Crippen LogP contribution in [0.25, 0.3) is 12.2 Å². The molecule has 0 fully saturated rings. The quantitative estimate of drug-likeness (QED) is 0.533. The maximum Gasteiger partial charge on any atom is 0.244 e. The highest BCUT2D eigenvalue weighted by Crippen LogP contribution is 2.27. The summed E-state index contributed by atoms with van der Waals surface area (Å²) in [5, 5.41) is 6.53. The highest BCUT2D eigenvalue weighted by atomic mass is 32.2. The lowest BCUT2D eigenvalue weighted by atomic mass is 10.1. The number of ether oxygens (including phenoxy) is 1. The summed E-state index contributed by atoms with van der Waals surface area (Å²) in [4.78, 5) is 11.4. The van der Waals surface area contributed by atoms with Gasteiger partial charge < -0.3 is 14.6 Å². The van der Waals surface area contributed by atoms with E-state index < -0.39 is 10.0 Å². The van der Waals surface area contributed by atoms with Gasteiger partial charge in [0.1, 0.15) is 22.0 Å². The summed E-state index contributed by atoms with van der Waals surface area (Å²) in [5.74, 6) is 0.340. The van der Waals surface area contributed by atoms with Gasteiger partial charge in [-0.05, 0) is 43.2 Å². The molecule has 0 atom stereocenters. The molecule has 2 aromatic carbocycles. The fourth-order valence-electron chi connectivity index (χ4n) is 3.09. The van der Waals surface area contributed by atoms with E-state index in [1.807, 2.05) is 31.2 Å². The number of hydrogen-bond donors (Lipinski definition) is 2. The number of carbonyl (C=O) groups is 1. The second kappa shape index (κ2) is 9.80. The molecule has 3 aromatic rings. The van der Waals surface area contributed by atoms with E-state index in [1.165, 1.54) is 20.1 Å². The Morgan fingerprint density at radius 1 is 1.16 bits per heavy atom. The lowest BCUT2D eigenvalue weighted by Gasteiger charge is -2.12. The number of carbonyl (C=O) groups excluding carboxylic acids is 1. The molecule has 168 valence electrons. The monoisotopic (exact) mass is 455 g/mol. The summed E-state index contributed by atoms with van der Waals surface area (Å²) in [6, 6.07) is 12.4. The molecule has 0 aliphatic rings. The van der Waals surface area contributed by atoms with Crippen LogP contribution in [-0.4, -0.2) is 26.6 Å². The average Bonchev–Trinajstić information content (AvgIpc) is 3.09. The number of hydrogen-bond acceptors (Lipinski definition) is 6. The van der Waals surface area contributed by atoms with Gasteiger partial charge in [0.2, 0.25) is 15.9 Å². The van der Waals surface area contributed by atoms with Crippen LogP contribution in [0.2, 0.25) is 0 Å². The molecule has 32 heavy (non-hydrogen) atoms. The highest BCUT2D eigenvalue weighted by molar-refractivity contribution is 7.89. The van der Waals surface area contributed by atoms with E-state index in [0.717, 1.165) is 11.1 Å². The van der Waals surface area contributed by atoms with Crippen molar-refractivity contribution in [3.63, 3.8) is 0 Å². The van der Waals surface area contributed by atoms with Gasteiger partial charge in [0.15, 0.2) is 5.76 Å². The van der Waals surface area contributed by atoms with Crippen molar-refractivity contribution in [2.45, 2.75) is 32.2 Å². The van der Waals surface area contributed by atoms with Crippen molar-refractivity contribution in [2.24, 2.45) is 0 Å². The minimum atomic E-state index is -3.84. The van der Waals surface area contributed by atoms with Crippen molar-refractivity contribution in [3.05, 3.63) is 70.6 Å². The number of aromatic nitrogens is 1. The van der Waals surface area contributed by atoms with Crippen molar-refractivity contribution in [3.8, 4) is 5.75 Å². The normalized spacial score (nSPS) is 11.6. The predicted molar refractivity (Wildman–Crippen MR) is 123 cm³/mol. The molecule has 0 bridgehead atoms. The van der Waals surface area contributed by atoms with Gasteiger partial charge in [-0.15, -0.1) is 0 Å². The van der Waals surface area contributed by atoms with Gasteiger partial charge in [-0.25, -0.2) is 13.1 Å². The minimum Gasteiger partial charge on any atom is -0.495 e. The number of anilines is 1. The Bertz CT molecular complexity index is 1260. The van der Waals surface area contributed by atoms with E-state index in [2.05, 4.69) is 15.2 Å². The number of rotatable bonds is 8. The van der Waals surface area contributed by atoms with Gasteiger partial charge in [0.25, 0.3) is 0 Å². The lowest BCUT2D eigenvalue weighted by Crippen LogP contribution is -2.24. The van der Waals surface area contributed by atoms with E-state index in [-0.39, 0.29) is 23.1 Å². The summed E-state index contributed by atoms with van der Waals surface area (Å²) in [6.45, 7) is 5.21. The van der Waals surface area contributed by atoms with E-state index >= 15 is 0 Å². The number of aryl methyl sites for hydroxylation is 2. The summed E-state index contributed by atoms with van der Waals surface area (Å²) in [5.41, 5.74) is 3.51. The van der Waals surface area contributed by atoms with E-state index in [4.69, 9.17) is 9.26 Å². The standard InChI is InChI=1S/C23H25N3O5S/c1-15-6-5-7-19(12-15)14-24-32(28,29)22-13-18(8-10-20(22)30-4)9-11-21-23(25-17(3)27)16(2)26-31-21/h5-13,24H,14H2,1-4H3,(H,25,27). The molecular formula is C23H25N3O5S. The average molecular weight is 456 g/mol. The predicted octanol–water partition coefficient (Wildman–Crippen LogP) is 3.91. The van der Waals surface area contributed by atoms with Crippen LogP contribution in [0.3, 0.4) is 0 Å². The van der Waals surface area contributed by atoms with Gasteiger partial charge in [0.05, 0.1) is 7.11 Å².